The number of carboxylic acid groups (broad SMARTS) is 1. The van der Waals surface area contributed by atoms with Crippen molar-refractivity contribution >= 4 is 11.9 Å². The minimum absolute atomic E-state index is 0.0733. The van der Waals surface area contributed by atoms with E-state index in [9.17, 15) is 14.7 Å². The molecule has 1 amide bonds. The maximum absolute atomic E-state index is 11.6. The van der Waals surface area contributed by atoms with Crippen LogP contribution in [-0.4, -0.2) is 49.2 Å². The second kappa shape index (κ2) is 6.25. The van der Waals surface area contributed by atoms with E-state index in [1.807, 2.05) is 0 Å². The average molecular weight is 271 g/mol. The third kappa shape index (κ3) is 5.44. The van der Waals surface area contributed by atoms with Crippen LogP contribution in [0.4, 0.5) is 0 Å². The average Bonchev–Trinajstić information content (AvgIpc) is 2.72. The first-order valence-electron chi connectivity index (χ1n) is 5.62. The zero-order valence-corrected chi connectivity index (χ0v) is 10.5. The van der Waals surface area contributed by atoms with Gasteiger partial charge < -0.3 is 21.3 Å². The number of aliphatic hydroxyl groups is 1. The van der Waals surface area contributed by atoms with Gasteiger partial charge in [0.05, 0.1) is 23.9 Å². The van der Waals surface area contributed by atoms with Crippen molar-refractivity contribution < 1.29 is 19.8 Å². The molecule has 1 aromatic heterocycles. The van der Waals surface area contributed by atoms with Gasteiger partial charge in [-0.1, -0.05) is 5.21 Å². The number of carbonyl (C=O) groups excluding carboxylic acids is 1. The van der Waals surface area contributed by atoms with Crippen LogP contribution >= 0.6 is 0 Å². The molecule has 106 valence electrons. The summed E-state index contributed by atoms with van der Waals surface area (Å²) in [7, 11) is 0. The van der Waals surface area contributed by atoms with Crippen molar-refractivity contribution in [1.29, 1.82) is 0 Å². The summed E-state index contributed by atoms with van der Waals surface area (Å²) in [5, 5.41) is 28.1. The van der Waals surface area contributed by atoms with Crippen LogP contribution in [0.3, 0.4) is 0 Å². The van der Waals surface area contributed by atoms with Crippen LogP contribution in [0.2, 0.25) is 0 Å². The number of nitrogens with two attached hydrogens (primary N) is 1. The van der Waals surface area contributed by atoms with E-state index >= 15 is 0 Å². The molecule has 19 heavy (non-hydrogen) atoms. The Morgan fingerprint density at radius 3 is 2.79 bits per heavy atom. The van der Waals surface area contributed by atoms with Gasteiger partial charge in [-0.25, -0.2) is 4.68 Å². The van der Waals surface area contributed by atoms with Gasteiger partial charge in [0.1, 0.15) is 6.54 Å². The highest BCUT2D eigenvalue weighted by Gasteiger charge is 2.24. The number of nitrogens with one attached hydrogen (secondary N) is 1. The Kier molecular flexibility index (Phi) is 4.95. The summed E-state index contributed by atoms with van der Waals surface area (Å²) in [6, 6.07) is 0. The molecule has 9 nitrogen and oxygen atoms in total. The molecule has 0 bridgehead atoms. The molecular weight excluding hydrogens is 254 g/mol. The lowest BCUT2D eigenvalue weighted by Gasteiger charge is -2.21. The summed E-state index contributed by atoms with van der Waals surface area (Å²) in [6.45, 7) is 1.34. The van der Waals surface area contributed by atoms with Crippen LogP contribution in [0, 0.1) is 0 Å². The molecule has 1 unspecified atom stereocenters. The van der Waals surface area contributed by atoms with E-state index in [1.165, 1.54) is 17.8 Å². The summed E-state index contributed by atoms with van der Waals surface area (Å²) < 4.78 is 1.31. The van der Waals surface area contributed by atoms with Gasteiger partial charge in [-0.3, -0.25) is 9.59 Å². The molecule has 0 aliphatic carbocycles. The van der Waals surface area contributed by atoms with Crippen molar-refractivity contribution in [3.63, 3.8) is 0 Å². The lowest BCUT2D eigenvalue weighted by atomic mass is 10.0. The molecule has 1 heterocycles. The molecule has 1 atom stereocenters. The summed E-state index contributed by atoms with van der Waals surface area (Å²) in [5.74, 6) is -1.54. The molecular formula is C10H17N5O4. The van der Waals surface area contributed by atoms with Crippen molar-refractivity contribution in [2.24, 2.45) is 5.73 Å². The molecule has 5 N–H and O–H groups in total. The van der Waals surface area contributed by atoms with Crippen molar-refractivity contribution in [1.82, 2.24) is 20.3 Å². The van der Waals surface area contributed by atoms with Gasteiger partial charge in [0.15, 0.2) is 0 Å². The van der Waals surface area contributed by atoms with E-state index < -0.39 is 23.9 Å². The SMILES string of the molecule is CC(O)(CNC(=O)Cn1cc(CN)nn1)CC(=O)O. The number of hydrogen-bond acceptors (Lipinski definition) is 6. The first-order chi connectivity index (χ1) is 8.82. The number of carboxylic acids is 1. The molecule has 1 rings (SSSR count). The lowest BCUT2D eigenvalue weighted by molar-refractivity contribution is -0.142. The lowest BCUT2D eigenvalue weighted by Crippen LogP contribution is -2.43. The topological polar surface area (TPSA) is 143 Å². The first kappa shape index (κ1) is 15.1. The molecule has 0 fully saturated rings. The molecule has 9 heteroatoms. The smallest absolute Gasteiger partial charge is 0.306 e. The molecule has 0 radical (unpaired) electrons. The highest BCUT2D eigenvalue weighted by atomic mass is 16.4. The van der Waals surface area contributed by atoms with Crippen molar-refractivity contribution in [2.45, 2.75) is 32.0 Å². The Morgan fingerprint density at radius 2 is 2.26 bits per heavy atom. The van der Waals surface area contributed by atoms with E-state index in [1.54, 1.807) is 0 Å². The molecule has 0 saturated carbocycles. The van der Waals surface area contributed by atoms with Gasteiger partial charge in [0.25, 0.3) is 0 Å². The predicted molar refractivity (Wildman–Crippen MR) is 63.8 cm³/mol. The minimum Gasteiger partial charge on any atom is -0.481 e. The fourth-order valence-corrected chi connectivity index (χ4v) is 1.39. The van der Waals surface area contributed by atoms with Gasteiger partial charge >= 0.3 is 5.97 Å². The fourth-order valence-electron chi connectivity index (χ4n) is 1.39. The summed E-state index contributed by atoms with van der Waals surface area (Å²) in [4.78, 5) is 22.0. The van der Waals surface area contributed by atoms with E-state index in [-0.39, 0.29) is 19.6 Å². The third-order valence-corrected chi connectivity index (χ3v) is 2.30. The monoisotopic (exact) mass is 271 g/mol. The van der Waals surface area contributed by atoms with E-state index in [0.29, 0.717) is 5.69 Å². The second-order valence-electron chi connectivity index (χ2n) is 4.46. The Morgan fingerprint density at radius 1 is 1.58 bits per heavy atom. The number of aromatic nitrogens is 3. The van der Waals surface area contributed by atoms with Crippen LogP contribution in [0.5, 0.6) is 0 Å². The third-order valence-electron chi connectivity index (χ3n) is 2.30. The molecule has 0 aromatic carbocycles. The quantitative estimate of drug-likeness (QED) is 0.452. The highest BCUT2D eigenvalue weighted by Crippen LogP contribution is 2.07. The first-order valence-corrected chi connectivity index (χ1v) is 5.62. The van der Waals surface area contributed by atoms with Crippen LogP contribution in [0.1, 0.15) is 19.0 Å². The molecule has 0 aliphatic heterocycles. The Hall–Kier alpha value is -2.00. The number of carbonyl (C=O) groups is 2. The van der Waals surface area contributed by atoms with Gasteiger partial charge in [-0.05, 0) is 6.92 Å². The van der Waals surface area contributed by atoms with Gasteiger partial charge in [0, 0.05) is 13.1 Å². The van der Waals surface area contributed by atoms with Crippen molar-refractivity contribution in [2.75, 3.05) is 6.54 Å². The maximum Gasteiger partial charge on any atom is 0.306 e. The highest BCUT2D eigenvalue weighted by molar-refractivity contribution is 5.75. The van der Waals surface area contributed by atoms with Crippen LogP contribution < -0.4 is 11.1 Å². The van der Waals surface area contributed by atoms with Crippen LogP contribution in [-0.2, 0) is 22.7 Å². The van der Waals surface area contributed by atoms with Gasteiger partial charge in [0.2, 0.25) is 5.91 Å². The Balaban J connectivity index is 2.41. The number of nitrogens with zero attached hydrogens (tertiary/aromatic N) is 3. The normalized spacial score (nSPS) is 13.8. The van der Waals surface area contributed by atoms with Crippen molar-refractivity contribution in [3.05, 3.63) is 11.9 Å². The van der Waals surface area contributed by atoms with Gasteiger partial charge in [-0.15, -0.1) is 5.10 Å². The molecule has 0 spiro atoms. The standard InChI is InChI=1S/C10H17N5O4/c1-10(19,2-9(17)18)6-12-8(16)5-15-4-7(3-11)13-14-15/h4,19H,2-3,5-6,11H2,1H3,(H,12,16)(H,17,18). The number of rotatable bonds is 7. The van der Waals surface area contributed by atoms with Crippen LogP contribution in [0.15, 0.2) is 6.20 Å². The second-order valence-corrected chi connectivity index (χ2v) is 4.46. The Bertz CT molecular complexity index is 457. The van der Waals surface area contributed by atoms with Gasteiger partial charge in [-0.2, -0.15) is 0 Å². The maximum atomic E-state index is 11.6. The molecule has 1 aromatic rings. The fraction of sp³-hybridized carbons (Fsp3) is 0.600. The number of amides is 1. The van der Waals surface area contributed by atoms with Crippen molar-refractivity contribution in [3.8, 4) is 0 Å². The molecule has 0 saturated heterocycles. The molecule has 0 aliphatic rings. The minimum atomic E-state index is -1.49. The zero-order valence-electron chi connectivity index (χ0n) is 10.5. The summed E-state index contributed by atoms with van der Waals surface area (Å²) in [5.41, 5.74) is 4.42. The Labute approximate surface area is 109 Å². The largest absolute Gasteiger partial charge is 0.481 e. The number of hydrogen-bond donors (Lipinski definition) is 4. The van der Waals surface area contributed by atoms with E-state index in [0.717, 1.165) is 0 Å². The number of aliphatic carboxylic acids is 1. The summed E-state index contributed by atoms with van der Waals surface area (Å²) in [6.07, 6.45) is 1.09. The van der Waals surface area contributed by atoms with E-state index in [4.69, 9.17) is 10.8 Å². The predicted octanol–water partition coefficient (Wildman–Crippen LogP) is -1.92. The zero-order chi connectivity index (χ0) is 14.5. The van der Waals surface area contributed by atoms with Crippen LogP contribution in [0.25, 0.3) is 0 Å². The summed E-state index contributed by atoms with van der Waals surface area (Å²) >= 11 is 0. The van der Waals surface area contributed by atoms with E-state index in [2.05, 4.69) is 15.6 Å².